The van der Waals surface area contributed by atoms with Crippen molar-refractivity contribution in [2.45, 2.75) is 56.9 Å². The van der Waals surface area contributed by atoms with Crippen molar-refractivity contribution in [3.8, 4) is 0 Å². The van der Waals surface area contributed by atoms with Crippen LogP contribution in [0, 0.1) is 0 Å². The molecule has 2 fully saturated rings. The minimum Gasteiger partial charge on any atom is -0.444 e. The van der Waals surface area contributed by atoms with Crippen LogP contribution in [-0.2, 0) is 15.1 Å². The van der Waals surface area contributed by atoms with Gasteiger partial charge in [-0.2, -0.15) is 0 Å². The van der Waals surface area contributed by atoms with E-state index in [4.69, 9.17) is 9.47 Å². The van der Waals surface area contributed by atoms with E-state index in [9.17, 15) is 9.90 Å². The van der Waals surface area contributed by atoms with Gasteiger partial charge in [-0.1, -0.05) is 36.9 Å². The van der Waals surface area contributed by atoms with Gasteiger partial charge in [-0.3, -0.25) is 4.90 Å². The Morgan fingerprint density at radius 1 is 1.28 bits per heavy atom. The van der Waals surface area contributed by atoms with Crippen molar-refractivity contribution >= 4 is 12.2 Å². The van der Waals surface area contributed by atoms with Crippen LogP contribution in [-0.4, -0.2) is 47.0 Å². The van der Waals surface area contributed by atoms with Gasteiger partial charge >= 0.3 is 6.09 Å². The predicted molar refractivity (Wildman–Crippen MR) is 96.1 cm³/mol. The number of hydrogen-bond donors (Lipinski definition) is 1. The lowest BCUT2D eigenvalue weighted by atomic mass is 9.77. The highest BCUT2D eigenvalue weighted by atomic mass is 16.6. The van der Waals surface area contributed by atoms with E-state index in [0.29, 0.717) is 26.1 Å². The summed E-state index contributed by atoms with van der Waals surface area (Å²) in [6.45, 7) is 10.2. The van der Waals surface area contributed by atoms with E-state index in [1.54, 1.807) is 11.0 Å². The number of nitrogens with zero attached hydrogens (tertiary/aromatic N) is 1. The second-order valence-electron chi connectivity index (χ2n) is 8.00. The Morgan fingerprint density at radius 3 is 2.32 bits per heavy atom. The van der Waals surface area contributed by atoms with Crippen molar-refractivity contribution in [1.82, 2.24) is 4.90 Å². The fourth-order valence-corrected chi connectivity index (χ4v) is 3.75. The van der Waals surface area contributed by atoms with Crippen LogP contribution in [0.2, 0.25) is 0 Å². The maximum Gasteiger partial charge on any atom is 0.410 e. The molecular weight excluding hydrogens is 318 g/mol. The second-order valence-corrected chi connectivity index (χ2v) is 8.00. The first-order valence-corrected chi connectivity index (χ1v) is 8.76. The van der Waals surface area contributed by atoms with E-state index < -0.39 is 11.2 Å². The molecule has 136 valence electrons. The van der Waals surface area contributed by atoms with Crippen LogP contribution in [0.25, 0.3) is 6.08 Å². The average Bonchev–Trinajstić information content (AvgIpc) is 2.52. The van der Waals surface area contributed by atoms with Crippen LogP contribution in [0.4, 0.5) is 4.79 Å². The maximum atomic E-state index is 12.6. The van der Waals surface area contributed by atoms with E-state index in [1.165, 1.54) is 0 Å². The van der Waals surface area contributed by atoms with Crippen LogP contribution in [0.3, 0.4) is 0 Å². The van der Waals surface area contributed by atoms with Crippen molar-refractivity contribution in [3.05, 3.63) is 42.0 Å². The predicted octanol–water partition coefficient (Wildman–Crippen LogP) is 3.32. The SMILES string of the molecule is C=Cc1ccc(C2(O)CC3COCC(C2)N3C(=O)OC(C)(C)C)cc1. The van der Waals surface area contributed by atoms with E-state index in [2.05, 4.69) is 6.58 Å². The molecule has 2 aliphatic heterocycles. The van der Waals surface area contributed by atoms with Gasteiger partial charge in [0.15, 0.2) is 0 Å². The number of benzene rings is 1. The van der Waals surface area contributed by atoms with Gasteiger partial charge in [0.2, 0.25) is 0 Å². The summed E-state index contributed by atoms with van der Waals surface area (Å²) in [5.74, 6) is 0. The molecule has 0 radical (unpaired) electrons. The number of aliphatic hydroxyl groups is 1. The Bertz CT molecular complexity index is 633. The van der Waals surface area contributed by atoms with Gasteiger partial charge in [0.1, 0.15) is 5.60 Å². The first-order chi connectivity index (χ1) is 11.7. The molecule has 2 bridgehead atoms. The number of piperidine rings is 1. The number of ether oxygens (including phenoxy) is 2. The molecule has 2 unspecified atom stereocenters. The van der Waals surface area contributed by atoms with Gasteiger partial charge in [-0.05, 0) is 31.9 Å². The maximum absolute atomic E-state index is 12.6. The Hall–Kier alpha value is -1.85. The molecule has 5 heteroatoms. The molecule has 0 aliphatic carbocycles. The Morgan fingerprint density at radius 2 is 1.84 bits per heavy atom. The van der Waals surface area contributed by atoms with E-state index in [0.717, 1.165) is 11.1 Å². The summed E-state index contributed by atoms with van der Waals surface area (Å²) in [7, 11) is 0. The number of hydrogen-bond acceptors (Lipinski definition) is 4. The summed E-state index contributed by atoms with van der Waals surface area (Å²) in [6.07, 6.45) is 2.34. The highest BCUT2D eigenvalue weighted by molar-refractivity contribution is 5.69. The van der Waals surface area contributed by atoms with Crippen LogP contribution in [0.15, 0.2) is 30.8 Å². The number of rotatable bonds is 2. The summed E-state index contributed by atoms with van der Waals surface area (Å²) in [5, 5.41) is 11.3. The Kier molecular flexibility index (Phi) is 4.64. The monoisotopic (exact) mass is 345 g/mol. The molecule has 5 nitrogen and oxygen atoms in total. The highest BCUT2D eigenvalue weighted by Crippen LogP contribution is 2.41. The third-order valence-corrected chi connectivity index (χ3v) is 4.84. The quantitative estimate of drug-likeness (QED) is 0.893. The van der Waals surface area contributed by atoms with Gasteiger partial charge in [0.25, 0.3) is 0 Å². The number of fused-ring (bicyclic) bond motifs is 2. The van der Waals surface area contributed by atoms with Crippen molar-refractivity contribution in [1.29, 1.82) is 0 Å². The highest BCUT2D eigenvalue weighted by Gasteiger charge is 2.49. The summed E-state index contributed by atoms with van der Waals surface area (Å²) >= 11 is 0. The van der Waals surface area contributed by atoms with Crippen molar-refractivity contribution < 1.29 is 19.4 Å². The molecule has 2 atom stereocenters. The van der Waals surface area contributed by atoms with Crippen LogP contribution >= 0.6 is 0 Å². The zero-order valence-corrected chi connectivity index (χ0v) is 15.2. The van der Waals surface area contributed by atoms with Crippen molar-refractivity contribution in [2.75, 3.05) is 13.2 Å². The minimum absolute atomic E-state index is 0.188. The summed E-state index contributed by atoms with van der Waals surface area (Å²) in [4.78, 5) is 14.4. The lowest BCUT2D eigenvalue weighted by Crippen LogP contribution is -2.63. The molecule has 0 aromatic heterocycles. The third-order valence-electron chi connectivity index (χ3n) is 4.84. The van der Waals surface area contributed by atoms with E-state index >= 15 is 0 Å². The zero-order valence-electron chi connectivity index (χ0n) is 15.2. The molecule has 1 amide bonds. The molecule has 1 aromatic carbocycles. The van der Waals surface area contributed by atoms with Gasteiger partial charge < -0.3 is 14.6 Å². The van der Waals surface area contributed by atoms with Gasteiger partial charge in [-0.15, -0.1) is 0 Å². The molecular formula is C20H27NO4. The summed E-state index contributed by atoms with van der Waals surface area (Å²) in [6, 6.07) is 7.41. The molecule has 0 saturated carbocycles. The minimum atomic E-state index is -0.961. The molecule has 0 spiro atoms. The number of carbonyl (C=O) groups is 1. The summed E-state index contributed by atoms with van der Waals surface area (Å²) < 4.78 is 11.2. The van der Waals surface area contributed by atoms with Gasteiger partial charge in [0, 0.05) is 12.8 Å². The molecule has 2 heterocycles. The summed E-state index contributed by atoms with van der Waals surface area (Å²) in [5.41, 5.74) is 0.388. The van der Waals surface area contributed by atoms with Crippen LogP contribution in [0.1, 0.15) is 44.7 Å². The lowest BCUT2D eigenvalue weighted by molar-refractivity contribution is -0.141. The molecule has 2 aliphatic rings. The molecule has 1 N–H and O–H groups in total. The topological polar surface area (TPSA) is 59.0 Å². The molecule has 25 heavy (non-hydrogen) atoms. The molecule has 2 saturated heterocycles. The van der Waals surface area contributed by atoms with E-state index in [-0.39, 0.29) is 18.2 Å². The Balaban J connectivity index is 1.82. The fraction of sp³-hybridized carbons (Fsp3) is 0.550. The second kappa shape index (κ2) is 6.46. The first kappa shape index (κ1) is 18.0. The van der Waals surface area contributed by atoms with Gasteiger partial charge in [0.05, 0.1) is 30.9 Å². The van der Waals surface area contributed by atoms with E-state index in [1.807, 2.05) is 45.0 Å². The lowest BCUT2D eigenvalue weighted by Gasteiger charge is -2.51. The Labute approximate surface area is 149 Å². The first-order valence-electron chi connectivity index (χ1n) is 8.76. The average molecular weight is 345 g/mol. The standard InChI is InChI=1S/C20H27NO4/c1-5-14-6-8-15(9-7-14)20(23)10-16-12-24-13-17(11-20)21(16)18(22)25-19(2,3)4/h5-9,16-17,23H,1,10-13H2,2-4H3. The smallest absolute Gasteiger partial charge is 0.410 e. The third kappa shape index (κ3) is 3.72. The van der Waals surface area contributed by atoms with Gasteiger partial charge in [-0.25, -0.2) is 4.79 Å². The van der Waals surface area contributed by atoms with Crippen LogP contribution < -0.4 is 0 Å². The number of morpholine rings is 1. The number of amides is 1. The largest absolute Gasteiger partial charge is 0.444 e. The molecule has 1 aromatic rings. The van der Waals surface area contributed by atoms with Crippen molar-refractivity contribution in [3.63, 3.8) is 0 Å². The van der Waals surface area contributed by atoms with Crippen molar-refractivity contribution in [2.24, 2.45) is 0 Å². The number of carbonyl (C=O) groups excluding carboxylic acids is 1. The normalized spacial score (nSPS) is 29.2. The molecule has 3 rings (SSSR count). The fourth-order valence-electron chi connectivity index (χ4n) is 3.75. The van der Waals surface area contributed by atoms with Crippen LogP contribution in [0.5, 0.6) is 0 Å². The zero-order chi connectivity index (χ0) is 18.2.